The summed E-state index contributed by atoms with van der Waals surface area (Å²) in [6.07, 6.45) is 5.57. The van der Waals surface area contributed by atoms with E-state index in [4.69, 9.17) is 11.6 Å². The summed E-state index contributed by atoms with van der Waals surface area (Å²) in [7, 11) is 0. The summed E-state index contributed by atoms with van der Waals surface area (Å²) in [6.45, 7) is 4.19. The third-order valence-electron chi connectivity index (χ3n) is 5.72. The fourth-order valence-electron chi connectivity index (χ4n) is 4.08. The van der Waals surface area contributed by atoms with Crippen molar-refractivity contribution in [2.24, 2.45) is 11.8 Å². The molecule has 0 spiro atoms. The smallest absolute Gasteiger partial charge is 0.319 e. The van der Waals surface area contributed by atoms with Gasteiger partial charge in [-0.15, -0.1) is 0 Å². The van der Waals surface area contributed by atoms with Gasteiger partial charge >= 0.3 is 6.03 Å². The number of urea groups is 1. The Morgan fingerprint density at radius 1 is 1.26 bits per heavy atom. The number of rotatable bonds is 5. The summed E-state index contributed by atoms with van der Waals surface area (Å²) >= 11 is 6.06. The number of ketones is 1. The molecule has 1 aliphatic heterocycles. The van der Waals surface area contributed by atoms with E-state index in [-0.39, 0.29) is 22.6 Å². The molecular weight excluding hydrogens is 364 g/mol. The average Bonchev–Trinajstić information content (AvgIpc) is 2.65. The van der Waals surface area contributed by atoms with E-state index < -0.39 is 6.04 Å². The van der Waals surface area contributed by atoms with Crippen LogP contribution in [-0.4, -0.2) is 16.9 Å². The molecule has 3 N–H and O–H groups in total. The molecule has 1 heterocycles. The number of Topliss-reactive ketones (excluding diaryl/α,β-unsaturated/α-hetero) is 1. The molecule has 0 aromatic heterocycles. The third-order valence-corrected chi connectivity index (χ3v) is 6.02. The number of hydrogen-bond acceptors (Lipinski definition) is 3. The topological polar surface area (TPSA) is 78.4 Å². The molecule has 6 heteroatoms. The maximum atomic E-state index is 13.2. The highest BCUT2D eigenvalue weighted by atomic mass is 35.5. The average molecular weight is 391 g/mol. The van der Waals surface area contributed by atoms with Gasteiger partial charge in [-0.25, -0.2) is 4.79 Å². The van der Waals surface area contributed by atoms with Crippen molar-refractivity contribution in [3.05, 3.63) is 40.1 Å². The number of halogens is 1. The number of phenolic OH excluding ortho intramolecular Hbond substituents is 1. The Hall–Kier alpha value is -2.01. The molecule has 0 unspecified atom stereocenters. The molecule has 0 saturated heterocycles. The van der Waals surface area contributed by atoms with Gasteiger partial charge in [-0.2, -0.15) is 0 Å². The zero-order valence-corrected chi connectivity index (χ0v) is 16.6. The van der Waals surface area contributed by atoms with Crippen LogP contribution < -0.4 is 10.6 Å². The van der Waals surface area contributed by atoms with Crippen LogP contribution in [0.25, 0.3) is 0 Å². The minimum absolute atomic E-state index is 0.0235. The van der Waals surface area contributed by atoms with Crippen molar-refractivity contribution in [2.75, 3.05) is 0 Å². The number of aromatic hydroxyl groups is 1. The predicted octanol–water partition coefficient (Wildman–Crippen LogP) is 4.85. The summed E-state index contributed by atoms with van der Waals surface area (Å²) < 4.78 is 0. The van der Waals surface area contributed by atoms with Gasteiger partial charge in [-0.3, -0.25) is 4.79 Å². The first-order valence-corrected chi connectivity index (χ1v) is 10.1. The quantitative estimate of drug-likeness (QED) is 0.672. The highest BCUT2D eigenvalue weighted by Gasteiger charge is 2.33. The van der Waals surface area contributed by atoms with Crippen LogP contribution in [0.5, 0.6) is 5.75 Å². The normalized spacial score (nSPS) is 25.7. The second-order valence-corrected chi connectivity index (χ2v) is 8.15. The first-order chi connectivity index (χ1) is 12.9. The van der Waals surface area contributed by atoms with Crippen LogP contribution in [-0.2, 0) is 4.79 Å². The molecule has 2 aliphatic rings. The van der Waals surface area contributed by atoms with Gasteiger partial charge in [-0.05, 0) is 48.8 Å². The van der Waals surface area contributed by atoms with Crippen LogP contribution in [0.2, 0.25) is 5.02 Å². The van der Waals surface area contributed by atoms with Crippen molar-refractivity contribution < 1.29 is 14.7 Å². The van der Waals surface area contributed by atoms with Crippen molar-refractivity contribution in [3.63, 3.8) is 0 Å². The van der Waals surface area contributed by atoms with Crippen molar-refractivity contribution in [2.45, 2.75) is 58.4 Å². The number of carbonyl (C=O) groups is 2. The number of nitrogens with one attached hydrogen (secondary N) is 2. The van der Waals surface area contributed by atoms with Crippen molar-refractivity contribution in [1.82, 2.24) is 10.6 Å². The molecule has 3 rings (SSSR count). The zero-order valence-electron chi connectivity index (χ0n) is 15.8. The number of allylic oxidation sites excluding steroid dienone is 1. The van der Waals surface area contributed by atoms with Crippen LogP contribution in [0, 0.1) is 11.8 Å². The lowest BCUT2D eigenvalue weighted by molar-refractivity contribution is -0.117. The second kappa shape index (κ2) is 8.34. The predicted molar refractivity (Wildman–Crippen MR) is 106 cm³/mol. The molecule has 2 amide bonds. The van der Waals surface area contributed by atoms with Crippen molar-refractivity contribution in [1.29, 1.82) is 0 Å². The molecule has 1 atom stereocenters. The molecule has 5 nitrogen and oxygen atoms in total. The van der Waals surface area contributed by atoms with E-state index in [1.165, 1.54) is 18.9 Å². The van der Waals surface area contributed by atoms with Crippen LogP contribution in [0.4, 0.5) is 4.79 Å². The number of phenols is 1. The number of hydrogen-bond donors (Lipinski definition) is 3. The molecule has 1 saturated carbocycles. The number of carbonyl (C=O) groups excluding carboxylic acids is 2. The Morgan fingerprint density at radius 2 is 1.96 bits per heavy atom. The monoisotopic (exact) mass is 390 g/mol. The van der Waals surface area contributed by atoms with E-state index in [1.807, 2.05) is 6.92 Å². The first-order valence-electron chi connectivity index (χ1n) is 9.71. The van der Waals surface area contributed by atoms with Crippen molar-refractivity contribution in [3.8, 4) is 5.75 Å². The maximum Gasteiger partial charge on any atom is 0.319 e. The molecule has 0 bridgehead atoms. The second-order valence-electron chi connectivity index (χ2n) is 7.74. The van der Waals surface area contributed by atoms with Gasteiger partial charge in [0, 0.05) is 17.7 Å². The fraction of sp³-hybridized carbons (Fsp3) is 0.524. The van der Waals surface area contributed by atoms with Gasteiger partial charge in [0.15, 0.2) is 5.78 Å². The Bertz CT molecular complexity index is 767. The minimum Gasteiger partial charge on any atom is -0.506 e. The van der Waals surface area contributed by atoms with E-state index in [9.17, 15) is 14.7 Å². The summed E-state index contributed by atoms with van der Waals surface area (Å²) in [6, 6.07) is 3.91. The number of benzene rings is 1. The lowest BCUT2D eigenvalue weighted by atomic mass is 9.78. The van der Waals surface area contributed by atoms with Crippen LogP contribution in [0.1, 0.15) is 64.0 Å². The molecule has 27 heavy (non-hydrogen) atoms. The van der Waals surface area contributed by atoms with Crippen LogP contribution in [0.15, 0.2) is 29.5 Å². The lowest BCUT2D eigenvalue weighted by Gasteiger charge is -2.31. The molecule has 0 radical (unpaired) electrons. The summed E-state index contributed by atoms with van der Waals surface area (Å²) in [5, 5.41) is 15.5. The Kier molecular flexibility index (Phi) is 6.10. The maximum absolute atomic E-state index is 13.2. The standard InChI is InChI=1S/C21H27ClN2O3/c1-3-16-19(18(26)10-13-6-4-12(2)5-7-13)20(24-21(27)23-16)14-8-9-17(25)15(22)11-14/h8-9,11-13,20,25H,3-7,10H2,1-2H3,(H2,23,24,27)/t12?,13?,20-/m0/s1. The van der Waals surface area contributed by atoms with Gasteiger partial charge in [0.1, 0.15) is 5.75 Å². The van der Waals surface area contributed by atoms with E-state index in [2.05, 4.69) is 17.6 Å². The first kappa shape index (κ1) is 19.7. The molecular formula is C21H27ClN2O3. The third kappa shape index (κ3) is 4.46. The van der Waals surface area contributed by atoms with E-state index >= 15 is 0 Å². The highest BCUT2D eigenvalue weighted by Crippen LogP contribution is 2.36. The van der Waals surface area contributed by atoms with Gasteiger partial charge < -0.3 is 15.7 Å². The molecule has 1 aromatic rings. The Morgan fingerprint density at radius 3 is 2.59 bits per heavy atom. The van der Waals surface area contributed by atoms with Crippen LogP contribution >= 0.6 is 11.6 Å². The van der Waals surface area contributed by atoms with Gasteiger partial charge in [-0.1, -0.05) is 44.4 Å². The highest BCUT2D eigenvalue weighted by molar-refractivity contribution is 6.32. The van der Waals surface area contributed by atoms with Crippen LogP contribution in [0.3, 0.4) is 0 Å². The summed E-state index contributed by atoms with van der Waals surface area (Å²) in [5.41, 5.74) is 1.97. The van der Waals surface area contributed by atoms with E-state index in [1.54, 1.807) is 12.1 Å². The fourth-order valence-corrected chi connectivity index (χ4v) is 4.27. The largest absolute Gasteiger partial charge is 0.506 e. The van der Waals surface area contributed by atoms with E-state index in [0.29, 0.717) is 35.6 Å². The lowest BCUT2D eigenvalue weighted by Crippen LogP contribution is -2.45. The summed E-state index contributed by atoms with van der Waals surface area (Å²) in [4.78, 5) is 25.3. The van der Waals surface area contributed by atoms with Gasteiger partial charge in [0.25, 0.3) is 0 Å². The van der Waals surface area contributed by atoms with Gasteiger partial charge in [0.05, 0.1) is 11.1 Å². The Balaban J connectivity index is 1.89. The Labute approximate surface area is 165 Å². The molecule has 1 aliphatic carbocycles. The SMILES string of the molecule is CCC1=C(C(=O)CC2CCC(C)CC2)[C@H](c2ccc(O)c(Cl)c2)NC(=O)N1. The summed E-state index contributed by atoms with van der Waals surface area (Å²) in [5.74, 6) is 1.20. The molecule has 146 valence electrons. The number of amides is 2. The molecule has 1 aromatic carbocycles. The van der Waals surface area contributed by atoms with E-state index in [0.717, 1.165) is 18.8 Å². The zero-order chi connectivity index (χ0) is 19.6. The molecule has 1 fully saturated rings. The van der Waals surface area contributed by atoms with Crippen molar-refractivity contribution >= 4 is 23.4 Å². The minimum atomic E-state index is -0.554. The van der Waals surface area contributed by atoms with Gasteiger partial charge in [0.2, 0.25) is 0 Å².